The fraction of sp³-hybridized carbons (Fsp3) is 0.667. The Labute approximate surface area is 136 Å². The molecule has 0 saturated heterocycles. The number of aliphatic hydroxyl groups is 1. The van der Waals surface area contributed by atoms with Crippen molar-refractivity contribution < 1.29 is 19.4 Å². The van der Waals surface area contributed by atoms with Crippen molar-refractivity contribution in [2.75, 3.05) is 5.32 Å². The zero-order chi connectivity index (χ0) is 17.5. The Morgan fingerprint density at radius 1 is 1.43 bits per heavy atom. The second-order valence-electron chi connectivity index (χ2n) is 6.30. The summed E-state index contributed by atoms with van der Waals surface area (Å²) >= 11 is 0. The summed E-state index contributed by atoms with van der Waals surface area (Å²) in [5, 5.41) is 21.6. The van der Waals surface area contributed by atoms with Gasteiger partial charge in [-0.15, -0.1) is 0 Å². The van der Waals surface area contributed by atoms with Crippen LogP contribution in [0.15, 0.2) is 12.3 Å². The van der Waals surface area contributed by atoms with Crippen molar-refractivity contribution >= 4 is 17.8 Å². The van der Waals surface area contributed by atoms with Crippen molar-refractivity contribution in [3.05, 3.63) is 12.3 Å². The molecule has 0 aliphatic rings. The summed E-state index contributed by atoms with van der Waals surface area (Å²) in [5.41, 5.74) is -0.650. The van der Waals surface area contributed by atoms with Gasteiger partial charge in [0.05, 0.1) is 12.2 Å². The van der Waals surface area contributed by atoms with E-state index in [4.69, 9.17) is 4.74 Å². The van der Waals surface area contributed by atoms with Gasteiger partial charge < -0.3 is 20.5 Å². The minimum absolute atomic E-state index is 0.376. The van der Waals surface area contributed by atoms with Gasteiger partial charge in [0.1, 0.15) is 11.4 Å². The van der Waals surface area contributed by atoms with E-state index in [1.54, 1.807) is 26.8 Å². The third-order valence-electron chi connectivity index (χ3n) is 2.98. The molecule has 0 bridgehead atoms. The Kier molecular flexibility index (Phi) is 7.02. The fourth-order valence-electron chi connectivity index (χ4n) is 1.91. The predicted molar refractivity (Wildman–Crippen MR) is 85.9 cm³/mol. The van der Waals surface area contributed by atoms with Crippen LogP contribution in [-0.2, 0) is 9.53 Å². The maximum absolute atomic E-state index is 12.1. The summed E-state index contributed by atoms with van der Waals surface area (Å²) in [5.74, 6) is -0.244. The highest BCUT2D eigenvalue weighted by atomic mass is 16.6. The third kappa shape index (κ3) is 7.14. The molecule has 130 valence electrons. The molecule has 0 aliphatic carbocycles. The molecule has 1 rings (SSSR count). The lowest BCUT2D eigenvalue weighted by Crippen LogP contribution is -2.50. The lowest BCUT2D eigenvalue weighted by Gasteiger charge is -2.26. The summed E-state index contributed by atoms with van der Waals surface area (Å²) in [6.07, 6.45) is 1.53. The zero-order valence-corrected chi connectivity index (χ0v) is 14.0. The van der Waals surface area contributed by atoms with Crippen molar-refractivity contribution in [3.63, 3.8) is 0 Å². The molecule has 23 heavy (non-hydrogen) atoms. The first-order valence-corrected chi connectivity index (χ1v) is 7.70. The van der Waals surface area contributed by atoms with Gasteiger partial charge in [0.15, 0.2) is 6.10 Å². The average Bonchev–Trinajstić information content (AvgIpc) is 2.93. The van der Waals surface area contributed by atoms with Gasteiger partial charge >= 0.3 is 6.09 Å². The van der Waals surface area contributed by atoms with Gasteiger partial charge in [0.2, 0.25) is 0 Å². The molecule has 1 unspecified atom stereocenters. The average molecular weight is 326 g/mol. The van der Waals surface area contributed by atoms with E-state index >= 15 is 0 Å². The highest BCUT2D eigenvalue weighted by Gasteiger charge is 2.29. The number of carbonyl (C=O) groups is 2. The topological polar surface area (TPSA) is 116 Å². The summed E-state index contributed by atoms with van der Waals surface area (Å²) in [6.45, 7) is 7.22. The van der Waals surface area contributed by atoms with Crippen LogP contribution >= 0.6 is 0 Å². The minimum Gasteiger partial charge on any atom is -0.444 e. The molecule has 0 fully saturated rings. The summed E-state index contributed by atoms with van der Waals surface area (Å²) in [7, 11) is 0. The molecule has 2 amide bonds. The van der Waals surface area contributed by atoms with Crippen LogP contribution in [0.5, 0.6) is 0 Å². The lowest BCUT2D eigenvalue weighted by atomic mass is 10.0. The number of nitrogens with zero attached hydrogens (tertiary/aromatic N) is 1. The molecule has 8 heteroatoms. The molecular formula is C15H26N4O4. The van der Waals surface area contributed by atoms with Crippen LogP contribution in [0, 0.1) is 0 Å². The first-order chi connectivity index (χ1) is 10.7. The van der Waals surface area contributed by atoms with Gasteiger partial charge in [-0.05, 0) is 27.2 Å². The Morgan fingerprint density at radius 3 is 2.65 bits per heavy atom. The zero-order valence-electron chi connectivity index (χ0n) is 14.0. The SMILES string of the molecule is CCCCC(NC(=O)OC(C)(C)C)[C@@H](O)C(=O)Nc1ccn[nH]1. The van der Waals surface area contributed by atoms with Crippen molar-refractivity contribution in [1.29, 1.82) is 0 Å². The highest BCUT2D eigenvalue weighted by Crippen LogP contribution is 2.11. The van der Waals surface area contributed by atoms with Gasteiger partial charge in [-0.3, -0.25) is 9.89 Å². The van der Waals surface area contributed by atoms with Crippen molar-refractivity contribution in [1.82, 2.24) is 15.5 Å². The van der Waals surface area contributed by atoms with E-state index < -0.39 is 29.7 Å². The molecule has 0 saturated carbocycles. The molecule has 0 radical (unpaired) electrons. The van der Waals surface area contributed by atoms with Gasteiger partial charge in [0.25, 0.3) is 5.91 Å². The highest BCUT2D eigenvalue weighted by molar-refractivity contribution is 5.93. The van der Waals surface area contributed by atoms with E-state index in [2.05, 4.69) is 20.8 Å². The maximum Gasteiger partial charge on any atom is 0.407 e. The fourth-order valence-corrected chi connectivity index (χ4v) is 1.91. The van der Waals surface area contributed by atoms with Crippen LogP contribution in [-0.4, -0.2) is 45.1 Å². The van der Waals surface area contributed by atoms with Crippen molar-refractivity contribution in [2.24, 2.45) is 0 Å². The number of alkyl carbamates (subject to hydrolysis) is 1. The van der Waals surface area contributed by atoms with Crippen LogP contribution < -0.4 is 10.6 Å². The normalized spacial score (nSPS) is 14.0. The standard InChI is InChI=1S/C15H26N4O4/c1-5-6-7-10(17-14(22)23-15(2,3)4)12(20)13(21)18-11-8-9-16-19-11/h8-10,12,20H,5-7H2,1-4H3,(H,17,22)(H2,16,18,19,21)/t10?,12-/m1/s1. The van der Waals surface area contributed by atoms with Gasteiger partial charge in [-0.2, -0.15) is 5.10 Å². The third-order valence-corrected chi connectivity index (χ3v) is 2.98. The second-order valence-corrected chi connectivity index (χ2v) is 6.30. The number of aliphatic hydroxyl groups excluding tert-OH is 1. The van der Waals surface area contributed by atoms with E-state index in [-0.39, 0.29) is 0 Å². The number of hydrogen-bond acceptors (Lipinski definition) is 5. The monoisotopic (exact) mass is 326 g/mol. The number of carbonyl (C=O) groups excluding carboxylic acids is 2. The van der Waals surface area contributed by atoms with Crippen LogP contribution in [0.2, 0.25) is 0 Å². The predicted octanol–water partition coefficient (Wildman–Crippen LogP) is 1.79. The number of aromatic amines is 1. The van der Waals surface area contributed by atoms with Gasteiger partial charge in [0, 0.05) is 6.07 Å². The van der Waals surface area contributed by atoms with E-state index in [9.17, 15) is 14.7 Å². The lowest BCUT2D eigenvalue weighted by molar-refractivity contribution is -0.125. The summed E-state index contributed by atoms with van der Waals surface area (Å²) < 4.78 is 5.17. The quantitative estimate of drug-likeness (QED) is 0.609. The molecular weight excluding hydrogens is 300 g/mol. The molecule has 0 spiro atoms. The molecule has 0 aliphatic heterocycles. The summed E-state index contributed by atoms with van der Waals surface area (Å²) in [4.78, 5) is 24.0. The molecule has 1 aromatic rings. The number of H-pyrrole nitrogens is 1. The molecule has 8 nitrogen and oxygen atoms in total. The number of nitrogens with one attached hydrogen (secondary N) is 3. The Balaban J connectivity index is 2.67. The minimum atomic E-state index is -1.39. The van der Waals surface area contributed by atoms with Gasteiger partial charge in [-0.1, -0.05) is 19.8 Å². The number of rotatable bonds is 7. The Morgan fingerprint density at radius 2 is 2.13 bits per heavy atom. The Bertz CT molecular complexity index is 496. The largest absolute Gasteiger partial charge is 0.444 e. The number of aromatic nitrogens is 2. The molecule has 1 heterocycles. The molecule has 2 atom stereocenters. The van der Waals surface area contributed by atoms with Crippen LogP contribution in [0.1, 0.15) is 47.0 Å². The maximum atomic E-state index is 12.1. The van der Waals surface area contributed by atoms with E-state index in [0.29, 0.717) is 12.2 Å². The molecule has 4 N–H and O–H groups in total. The van der Waals surface area contributed by atoms with Crippen LogP contribution in [0.3, 0.4) is 0 Å². The first-order valence-electron chi connectivity index (χ1n) is 7.70. The smallest absolute Gasteiger partial charge is 0.407 e. The van der Waals surface area contributed by atoms with E-state index in [0.717, 1.165) is 12.8 Å². The van der Waals surface area contributed by atoms with Crippen molar-refractivity contribution in [2.45, 2.75) is 64.7 Å². The number of ether oxygens (including phenoxy) is 1. The Hall–Kier alpha value is -2.09. The number of unbranched alkanes of at least 4 members (excludes halogenated alkanes) is 1. The number of hydrogen-bond donors (Lipinski definition) is 4. The van der Waals surface area contributed by atoms with Crippen LogP contribution in [0.25, 0.3) is 0 Å². The number of amides is 2. The van der Waals surface area contributed by atoms with Gasteiger partial charge in [-0.25, -0.2) is 4.79 Å². The van der Waals surface area contributed by atoms with E-state index in [1.807, 2.05) is 6.92 Å². The second kappa shape index (κ2) is 8.52. The molecule has 0 aromatic carbocycles. The summed E-state index contributed by atoms with van der Waals surface area (Å²) in [6, 6.07) is 0.834. The van der Waals surface area contributed by atoms with Crippen molar-refractivity contribution in [3.8, 4) is 0 Å². The molecule has 1 aromatic heterocycles. The van der Waals surface area contributed by atoms with E-state index in [1.165, 1.54) is 6.20 Å². The first kappa shape index (κ1) is 19.0. The van der Waals surface area contributed by atoms with Crippen LogP contribution in [0.4, 0.5) is 10.6 Å². The number of anilines is 1.